The highest BCUT2D eigenvalue weighted by Gasteiger charge is 2.22. The Kier molecular flexibility index (Phi) is 4.71. The van der Waals surface area contributed by atoms with E-state index in [0.29, 0.717) is 16.6 Å². The van der Waals surface area contributed by atoms with Crippen LogP contribution in [0.5, 0.6) is 0 Å². The molecule has 66 valence electrons. The topological polar surface area (TPSA) is 29.5 Å². The van der Waals surface area contributed by atoms with Crippen molar-refractivity contribution in [3.63, 3.8) is 0 Å². The average Bonchev–Trinajstić information content (AvgIpc) is 2.52. The van der Waals surface area contributed by atoms with Crippen LogP contribution in [0.2, 0.25) is 0 Å². The minimum absolute atomic E-state index is 0.312. The second-order valence-corrected chi connectivity index (χ2v) is 4.53. The molecule has 0 saturated carbocycles. The molecule has 0 radical (unpaired) electrons. The third-order valence-electron chi connectivity index (χ3n) is 2.01. The first-order valence-electron chi connectivity index (χ1n) is 4.21. The zero-order valence-corrected chi connectivity index (χ0v) is 8.79. The van der Waals surface area contributed by atoms with E-state index in [0.717, 1.165) is 19.4 Å². The zero-order valence-electron chi connectivity index (χ0n) is 6.63. The van der Waals surface area contributed by atoms with Gasteiger partial charge >= 0.3 is 0 Å². The average molecular weight is 270 g/mol. The summed E-state index contributed by atoms with van der Waals surface area (Å²) in [5, 5.41) is 8.61. The maximum atomic E-state index is 8.61. The summed E-state index contributed by atoms with van der Waals surface area (Å²) in [5.74, 6) is 0. The number of aliphatic hydroxyl groups excluding tert-OH is 1. The number of rotatable bonds is 4. The van der Waals surface area contributed by atoms with Crippen molar-refractivity contribution < 1.29 is 9.84 Å². The first kappa shape index (κ1) is 9.74. The van der Waals surface area contributed by atoms with Crippen LogP contribution in [0.1, 0.15) is 25.7 Å². The molecule has 0 aliphatic carbocycles. The van der Waals surface area contributed by atoms with Crippen LogP contribution in [-0.2, 0) is 4.74 Å². The van der Waals surface area contributed by atoms with E-state index in [4.69, 9.17) is 9.84 Å². The molecule has 0 aromatic rings. The molecule has 0 aromatic heterocycles. The number of alkyl halides is 1. The minimum Gasteiger partial charge on any atom is -0.396 e. The van der Waals surface area contributed by atoms with E-state index in [1.165, 1.54) is 12.8 Å². The van der Waals surface area contributed by atoms with E-state index in [1.54, 1.807) is 0 Å². The molecule has 11 heavy (non-hydrogen) atoms. The lowest BCUT2D eigenvalue weighted by atomic mass is 10.1. The van der Waals surface area contributed by atoms with Crippen LogP contribution < -0.4 is 0 Å². The lowest BCUT2D eigenvalue weighted by Crippen LogP contribution is -2.19. The van der Waals surface area contributed by atoms with Crippen LogP contribution in [0.25, 0.3) is 0 Å². The van der Waals surface area contributed by atoms with Crippen LogP contribution >= 0.6 is 22.6 Å². The summed E-state index contributed by atoms with van der Waals surface area (Å²) in [6.45, 7) is 1.25. The molecule has 2 atom stereocenters. The SMILES string of the molecule is OCCC[C@H](I)[C@@H]1CCCO1. The second-order valence-electron chi connectivity index (χ2n) is 2.93. The van der Waals surface area contributed by atoms with E-state index < -0.39 is 0 Å². The molecule has 2 nitrogen and oxygen atoms in total. The fraction of sp³-hybridized carbons (Fsp3) is 1.00. The first-order chi connectivity index (χ1) is 5.34. The van der Waals surface area contributed by atoms with Crippen molar-refractivity contribution in [3.05, 3.63) is 0 Å². The van der Waals surface area contributed by atoms with Gasteiger partial charge in [0.1, 0.15) is 0 Å². The first-order valence-corrected chi connectivity index (χ1v) is 5.45. The van der Waals surface area contributed by atoms with Gasteiger partial charge < -0.3 is 9.84 Å². The Labute approximate surface area is 81.5 Å². The van der Waals surface area contributed by atoms with Crippen LogP contribution in [-0.4, -0.2) is 28.3 Å². The molecule has 3 heteroatoms. The molecule has 1 saturated heterocycles. The molecular formula is C8H15IO2. The van der Waals surface area contributed by atoms with Gasteiger partial charge in [0.15, 0.2) is 0 Å². The maximum absolute atomic E-state index is 8.61. The summed E-state index contributed by atoms with van der Waals surface area (Å²) in [6, 6.07) is 0. The smallest absolute Gasteiger partial charge is 0.0693 e. The van der Waals surface area contributed by atoms with Gasteiger partial charge in [-0.3, -0.25) is 0 Å². The second kappa shape index (κ2) is 5.32. The molecule has 1 aliphatic heterocycles. The minimum atomic E-state index is 0.312. The van der Waals surface area contributed by atoms with Crippen molar-refractivity contribution in [2.24, 2.45) is 0 Å². The van der Waals surface area contributed by atoms with E-state index in [1.807, 2.05) is 0 Å². The highest BCUT2D eigenvalue weighted by Crippen LogP contribution is 2.24. The summed E-state index contributed by atoms with van der Waals surface area (Å²) in [6.07, 6.45) is 4.87. The quantitative estimate of drug-likeness (QED) is 0.623. The summed E-state index contributed by atoms with van der Waals surface area (Å²) in [7, 11) is 0. The Morgan fingerprint density at radius 2 is 2.45 bits per heavy atom. The molecule has 0 spiro atoms. The molecule has 1 fully saturated rings. The van der Waals surface area contributed by atoms with Crippen molar-refractivity contribution in [2.75, 3.05) is 13.2 Å². The largest absolute Gasteiger partial charge is 0.396 e. The molecule has 0 amide bonds. The van der Waals surface area contributed by atoms with Gasteiger partial charge in [-0.2, -0.15) is 0 Å². The number of halogens is 1. The Balaban J connectivity index is 2.12. The molecule has 1 aliphatic rings. The van der Waals surface area contributed by atoms with Crippen molar-refractivity contribution in [1.82, 2.24) is 0 Å². The highest BCUT2D eigenvalue weighted by atomic mass is 127. The maximum Gasteiger partial charge on any atom is 0.0693 e. The fourth-order valence-electron chi connectivity index (χ4n) is 1.36. The lowest BCUT2D eigenvalue weighted by molar-refractivity contribution is 0.109. The third-order valence-corrected chi connectivity index (χ3v) is 3.43. The lowest BCUT2D eigenvalue weighted by Gasteiger charge is -2.15. The normalized spacial score (nSPS) is 27.3. The number of ether oxygens (including phenoxy) is 1. The number of hydrogen-bond donors (Lipinski definition) is 1. The molecule has 0 unspecified atom stereocenters. The molecule has 0 aromatic carbocycles. The Morgan fingerprint density at radius 3 is 3.00 bits per heavy atom. The summed E-state index contributed by atoms with van der Waals surface area (Å²) in [5.41, 5.74) is 0. The molecule has 0 bridgehead atoms. The molecule has 1 N–H and O–H groups in total. The molecule has 1 heterocycles. The summed E-state index contributed by atoms with van der Waals surface area (Å²) >= 11 is 2.43. The van der Waals surface area contributed by atoms with Gasteiger partial charge in [-0.05, 0) is 25.7 Å². The van der Waals surface area contributed by atoms with Crippen molar-refractivity contribution in [1.29, 1.82) is 0 Å². The predicted molar refractivity (Wildman–Crippen MR) is 53.1 cm³/mol. The fourth-order valence-corrected chi connectivity index (χ4v) is 2.37. The van der Waals surface area contributed by atoms with Crippen LogP contribution in [0, 0.1) is 0 Å². The number of hydrogen-bond acceptors (Lipinski definition) is 2. The van der Waals surface area contributed by atoms with E-state index in [2.05, 4.69) is 22.6 Å². The van der Waals surface area contributed by atoms with Crippen LogP contribution in [0.3, 0.4) is 0 Å². The zero-order chi connectivity index (χ0) is 8.10. The number of aliphatic hydroxyl groups is 1. The van der Waals surface area contributed by atoms with Gasteiger partial charge in [0.05, 0.1) is 6.10 Å². The van der Waals surface area contributed by atoms with Gasteiger partial charge in [-0.1, -0.05) is 22.6 Å². The van der Waals surface area contributed by atoms with E-state index >= 15 is 0 Å². The summed E-state index contributed by atoms with van der Waals surface area (Å²) in [4.78, 5) is 0. The van der Waals surface area contributed by atoms with Crippen LogP contribution in [0.4, 0.5) is 0 Å². The molecule has 1 rings (SSSR count). The summed E-state index contributed by atoms with van der Waals surface area (Å²) < 4.78 is 6.12. The Morgan fingerprint density at radius 1 is 1.64 bits per heavy atom. The predicted octanol–water partition coefficient (Wildman–Crippen LogP) is 1.74. The van der Waals surface area contributed by atoms with Gasteiger partial charge in [-0.15, -0.1) is 0 Å². The Bertz CT molecular complexity index is 102. The standard InChI is InChI=1S/C8H15IO2/c9-7(3-1-5-10)8-4-2-6-11-8/h7-8,10H,1-6H2/t7-,8-/m0/s1. The van der Waals surface area contributed by atoms with Crippen molar-refractivity contribution >= 4 is 22.6 Å². The third kappa shape index (κ3) is 3.25. The van der Waals surface area contributed by atoms with Crippen molar-refractivity contribution in [3.8, 4) is 0 Å². The van der Waals surface area contributed by atoms with E-state index in [9.17, 15) is 0 Å². The van der Waals surface area contributed by atoms with Gasteiger partial charge in [0.2, 0.25) is 0 Å². The van der Waals surface area contributed by atoms with E-state index in [-0.39, 0.29) is 0 Å². The monoisotopic (exact) mass is 270 g/mol. The van der Waals surface area contributed by atoms with Gasteiger partial charge in [0, 0.05) is 17.1 Å². The Hall–Kier alpha value is 0.650. The highest BCUT2D eigenvalue weighted by molar-refractivity contribution is 14.1. The van der Waals surface area contributed by atoms with Crippen LogP contribution in [0.15, 0.2) is 0 Å². The van der Waals surface area contributed by atoms with Gasteiger partial charge in [0.25, 0.3) is 0 Å². The van der Waals surface area contributed by atoms with Crippen molar-refractivity contribution in [2.45, 2.75) is 35.7 Å². The molecular weight excluding hydrogens is 255 g/mol. The van der Waals surface area contributed by atoms with Gasteiger partial charge in [-0.25, -0.2) is 0 Å².